The lowest BCUT2D eigenvalue weighted by molar-refractivity contribution is -0.141. The van der Waals surface area contributed by atoms with Crippen LogP contribution in [0.5, 0.6) is 5.75 Å². The third-order valence-corrected chi connectivity index (χ3v) is 6.09. The number of carbonyl (C=O) groups excluding carboxylic acids is 1. The number of imidazole rings is 1. The number of hydrogen-bond donors (Lipinski definition) is 1. The Hall–Kier alpha value is -3.65. The van der Waals surface area contributed by atoms with Crippen LogP contribution >= 0.6 is 11.6 Å². The van der Waals surface area contributed by atoms with Gasteiger partial charge in [-0.2, -0.15) is 0 Å². The quantitative estimate of drug-likeness (QED) is 0.387. The second kappa shape index (κ2) is 9.69. The van der Waals surface area contributed by atoms with Crippen LogP contribution in [0, 0.1) is 5.92 Å². The maximum Gasteiger partial charge on any atom is 0.305 e. The first-order chi connectivity index (χ1) is 16.6. The van der Waals surface area contributed by atoms with Crippen molar-refractivity contribution in [1.29, 1.82) is 0 Å². The van der Waals surface area contributed by atoms with Crippen LogP contribution < -0.4 is 9.64 Å². The second-order valence-electron chi connectivity index (χ2n) is 8.25. The average molecular weight is 478 g/mol. The van der Waals surface area contributed by atoms with Gasteiger partial charge in [0.25, 0.3) is 0 Å². The highest BCUT2D eigenvalue weighted by molar-refractivity contribution is 6.30. The number of hydrogen-bond acceptors (Lipinski definition) is 7. The first-order valence-electron chi connectivity index (χ1n) is 11.1. The van der Waals surface area contributed by atoms with Crippen molar-refractivity contribution in [2.24, 2.45) is 5.92 Å². The maximum atomic E-state index is 11.8. The molecule has 1 unspecified atom stereocenters. The highest BCUT2D eigenvalue weighted by atomic mass is 35.5. The standard InChI is InChI=1S/C25H24ClN5O3/c1-33-21(32)12-16-10-11-31(14-16)25-22-24(29-23(30-25)17-6-3-2-4-7-17)28-20(27-22)15-34-19-9-5-8-18(26)13-19/h2-9,13,16H,10-12,14-15H2,1H3,(H,27,28,29,30). The molecule has 8 nitrogen and oxygen atoms in total. The van der Waals surface area contributed by atoms with Gasteiger partial charge >= 0.3 is 5.97 Å². The lowest BCUT2D eigenvalue weighted by Gasteiger charge is -2.18. The van der Waals surface area contributed by atoms with Crippen molar-refractivity contribution in [2.45, 2.75) is 19.4 Å². The number of rotatable bonds is 7. The molecule has 2 aromatic heterocycles. The molecule has 4 aromatic rings. The average Bonchev–Trinajstić information content (AvgIpc) is 3.49. The number of aromatic nitrogens is 4. The van der Waals surface area contributed by atoms with Gasteiger partial charge in [0.15, 0.2) is 17.3 Å². The summed E-state index contributed by atoms with van der Waals surface area (Å²) in [5, 5.41) is 0.610. The summed E-state index contributed by atoms with van der Waals surface area (Å²) in [6.07, 6.45) is 1.29. The zero-order chi connectivity index (χ0) is 23.5. The van der Waals surface area contributed by atoms with Crippen molar-refractivity contribution < 1.29 is 14.3 Å². The fraction of sp³-hybridized carbons (Fsp3) is 0.280. The summed E-state index contributed by atoms with van der Waals surface area (Å²) in [5.74, 6) is 2.71. The Morgan fingerprint density at radius 2 is 2.00 bits per heavy atom. The molecule has 1 saturated heterocycles. The van der Waals surface area contributed by atoms with Crippen molar-refractivity contribution in [1.82, 2.24) is 19.9 Å². The zero-order valence-electron chi connectivity index (χ0n) is 18.7. The number of methoxy groups -OCH3 is 1. The van der Waals surface area contributed by atoms with Crippen molar-refractivity contribution in [3.8, 4) is 17.1 Å². The molecule has 0 saturated carbocycles. The molecule has 34 heavy (non-hydrogen) atoms. The number of halogens is 1. The molecule has 0 bridgehead atoms. The Kier molecular flexibility index (Phi) is 6.31. The van der Waals surface area contributed by atoms with Gasteiger partial charge in [0.2, 0.25) is 0 Å². The summed E-state index contributed by atoms with van der Waals surface area (Å²) >= 11 is 6.06. The minimum Gasteiger partial charge on any atom is -0.486 e. The van der Waals surface area contributed by atoms with E-state index in [4.69, 9.17) is 31.0 Å². The van der Waals surface area contributed by atoms with Gasteiger partial charge in [-0.05, 0) is 30.5 Å². The van der Waals surface area contributed by atoms with Gasteiger partial charge in [-0.1, -0.05) is 48.0 Å². The van der Waals surface area contributed by atoms with Gasteiger partial charge in [0.05, 0.1) is 13.5 Å². The summed E-state index contributed by atoms with van der Waals surface area (Å²) in [6, 6.07) is 17.1. The molecular formula is C25H24ClN5O3. The monoisotopic (exact) mass is 477 g/mol. The van der Waals surface area contributed by atoms with E-state index in [1.54, 1.807) is 12.1 Å². The number of anilines is 1. The zero-order valence-corrected chi connectivity index (χ0v) is 19.5. The van der Waals surface area contributed by atoms with Crippen LogP contribution in [0.2, 0.25) is 5.02 Å². The molecule has 1 aliphatic heterocycles. The van der Waals surface area contributed by atoms with E-state index in [0.717, 1.165) is 29.9 Å². The molecule has 1 aliphatic rings. The second-order valence-corrected chi connectivity index (χ2v) is 8.68. The normalized spacial score (nSPS) is 15.6. The first kappa shape index (κ1) is 22.2. The minimum absolute atomic E-state index is 0.188. The number of ether oxygens (including phenoxy) is 2. The highest BCUT2D eigenvalue weighted by Gasteiger charge is 2.28. The summed E-state index contributed by atoms with van der Waals surface area (Å²) in [7, 11) is 1.42. The molecule has 0 amide bonds. The van der Waals surface area contributed by atoms with Crippen LogP contribution in [0.3, 0.4) is 0 Å². The Morgan fingerprint density at radius 3 is 2.79 bits per heavy atom. The number of esters is 1. The SMILES string of the molecule is COC(=O)CC1CCN(c2nc(-c3ccccc3)nc3nc(COc4cccc(Cl)c4)[nH]c23)C1. The van der Waals surface area contributed by atoms with Crippen molar-refractivity contribution in [3.63, 3.8) is 0 Å². The van der Waals surface area contributed by atoms with Crippen LogP contribution in [-0.4, -0.2) is 46.1 Å². The molecule has 1 atom stereocenters. The molecule has 0 radical (unpaired) electrons. The Bertz CT molecular complexity index is 1310. The van der Waals surface area contributed by atoms with Gasteiger partial charge in [0.1, 0.15) is 23.7 Å². The number of H-pyrrole nitrogens is 1. The van der Waals surface area contributed by atoms with E-state index >= 15 is 0 Å². The van der Waals surface area contributed by atoms with E-state index in [1.165, 1.54) is 7.11 Å². The van der Waals surface area contributed by atoms with Crippen molar-refractivity contribution >= 4 is 34.6 Å². The third-order valence-electron chi connectivity index (χ3n) is 5.85. The van der Waals surface area contributed by atoms with Gasteiger partial charge in [-0.3, -0.25) is 4.79 Å². The Balaban J connectivity index is 1.47. The fourth-order valence-corrected chi connectivity index (χ4v) is 4.34. The van der Waals surface area contributed by atoms with Gasteiger partial charge in [0, 0.05) is 23.7 Å². The predicted octanol–water partition coefficient (Wildman–Crippen LogP) is 4.64. The van der Waals surface area contributed by atoms with Crippen LogP contribution in [0.1, 0.15) is 18.7 Å². The fourth-order valence-electron chi connectivity index (χ4n) is 4.16. The molecule has 0 aliphatic carbocycles. The number of nitrogens with zero attached hydrogens (tertiary/aromatic N) is 4. The van der Waals surface area contributed by atoms with Crippen LogP contribution in [-0.2, 0) is 16.1 Å². The van der Waals surface area contributed by atoms with Gasteiger partial charge < -0.3 is 19.4 Å². The number of aromatic amines is 1. The number of nitrogens with one attached hydrogen (secondary N) is 1. The summed E-state index contributed by atoms with van der Waals surface area (Å²) < 4.78 is 10.7. The molecule has 5 rings (SSSR count). The minimum atomic E-state index is -0.188. The maximum absolute atomic E-state index is 11.8. The molecule has 1 N–H and O–H groups in total. The van der Waals surface area contributed by atoms with Gasteiger partial charge in [-0.15, -0.1) is 0 Å². The molecular weight excluding hydrogens is 454 g/mol. The number of fused-ring (bicyclic) bond motifs is 1. The van der Waals surface area contributed by atoms with Crippen molar-refractivity contribution in [2.75, 3.05) is 25.1 Å². The lowest BCUT2D eigenvalue weighted by Crippen LogP contribution is -2.22. The van der Waals surface area contributed by atoms with E-state index < -0.39 is 0 Å². The smallest absolute Gasteiger partial charge is 0.305 e. The topological polar surface area (TPSA) is 93.2 Å². The molecule has 9 heteroatoms. The first-order valence-corrected chi connectivity index (χ1v) is 11.5. The van der Waals surface area contributed by atoms with E-state index in [0.29, 0.717) is 41.0 Å². The van der Waals surface area contributed by atoms with Crippen LogP contribution in [0.4, 0.5) is 5.82 Å². The van der Waals surface area contributed by atoms with Crippen LogP contribution in [0.25, 0.3) is 22.6 Å². The molecule has 2 aromatic carbocycles. The van der Waals surface area contributed by atoms with E-state index in [9.17, 15) is 4.79 Å². The van der Waals surface area contributed by atoms with Gasteiger partial charge in [-0.25, -0.2) is 15.0 Å². The van der Waals surface area contributed by atoms with E-state index in [-0.39, 0.29) is 18.5 Å². The molecule has 0 spiro atoms. The Labute approximate surface area is 201 Å². The third kappa shape index (κ3) is 4.82. The summed E-state index contributed by atoms with van der Waals surface area (Å²) in [6.45, 7) is 1.74. The van der Waals surface area contributed by atoms with Crippen molar-refractivity contribution in [3.05, 3.63) is 65.4 Å². The Morgan fingerprint density at radius 1 is 1.15 bits per heavy atom. The predicted molar refractivity (Wildman–Crippen MR) is 130 cm³/mol. The lowest BCUT2D eigenvalue weighted by atomic mass is 10.1. The van der Waals surface area contributed by atoms with E-state index in [2.05, 4.69) is 14.9 Å². The van der Waals surface area contributed by atoms with E-state index in [1.807, 2.05) is 42.5 Å². The van der Waals surface area contributed by atoms with Crippen LogP contribution in [0.15, 0.2) is 54.6 Å². The summed E-state index contributed by atoms with van der Waals surface area (Å²) in [4.78, 5) is 31.6. The molecule has 174 valence electrons. The number of benzene rings is 2. The number of carbonyl (C=O) groups is 1. The largest absolute Gasteiger partial charge is 0.486 e. The molecule has 1 fully saturated rings. The molecule has 3 heterocycles. The highest BCUT2D eigenvalue weighted by Crippen LogP contribution is 2.31. The summed E-state index contributed by atoms with van der Waals surface area (Å²) in [5.41, 5.74) is 2.24.